The van der Waals surface area contributed by atoms with Gasteiger partial charge in [0.25, 0.3) is 0 Å². The lowest BCUT2D eigenvalue weighted by molar-refractivity contribution is 0.669. The maximum absolute atomic E-state index is 6.49. The molecule has 0 radical (unpaired) electrons. The minimum absolute atomic E-state index is 0.931. The lowest BCUT2D eigenvalue weighted by Gasteiger charge is -2.27. The second kappa shape index (κ2) is 10.1. The molecule has 0 bridgehead atoms. The molecule has 1 heteroatoms. The van der Waals surface area contributed by atoms with Crippen LogP contribution in [0.5, 0.6) is 0 Å². The third-order valence-corrected chi connectivity index (χ3v) is 11.3. The van der Waals surface area contributed by atoms with E-state index in [9.17, 15) is 0 Å². The van der Waals surface area contributed by atoms with Gasteiger partial charge in [-0.05, 0) is 186 Å². The molecule has 226 valence electrons. The maximum atomic E-state index is 6.49. The van der Waals surface area contributed by atoms with Gasteiger partial charge in [0.15, 0.2) is 0 Å². The monoisotopic (exact) mass is 596 g/mol. The van der Waals surface area contributed by atoms with Crippen molar-refractivity contribution in [3.8, 4) is 22.3 Å². The lowest BCUT2D eigenvalue weighted by Crippen LogP contribution is -2.03. The van der Waals surface area contributed by atoms with Crippen molar-refractivity contribution in [2.45, 2.75) is 62.3 Å². The van der Waals surface area contributed by atoms with Gasteiger partial charge in [-0.3, -0.25) is 0 Å². The summed E-state index contributed by atoms with van der Waals surface area (Å²) in [6.07, 6.45) is 0. The average molecular weight is 597 g/mol. The van der Waals surface area contributed by atoms with Crippen LogP contribution in [0, 0.1) is 62.3 Å². The molecule has 0 aliphatic heterocycles. The quantitative estimate of drug-likeness (QED) is 0.181. The summed E-state index contributed by atoms with van der Waals surface area (Å²) in [5.74, 6) is 0. The zero-order valence-corrected chi connectivity index (χ0v) is 28.4. The molecule has 0 saturated carbocycles. The Morgan fingerprint density at radius 1 is 0.370 bits per heavy atom. The molecule has 7 aromatic carbocycles. The second-order valence-electron chi connectivity index (χ2n) is 13.6. The molecular weight excluding hydrogens is 556 g/mol. The highest BCUT2D eigenvalue weighted by atomic mass is 16.3. The summed E-state index contributed by atoms with van der Waals surface area (Å²) in [5.41, 5.74) is 19.3. The van der Waals surface area contributed by atoms with Crippen LogP contribution in [0.15, 0.2) is 83.3 Å². The number of aryl methyl sites for hydroxylation is 5. The normalized spacial score (nSPS) is 12.0. The predicted octanol–water partition coefficient (Wildman–Crippen LogP) is 13.2. The molecule has 0 atom stereocenters. The Morgan fingerprint density at radius 3 is 1.46 bits per heavy atom. The molecule has 0 unspecified atom stereocenters. The van der Waals surface area contributed by atoms with E-state index in [0.717, 1.165) is 11.2 Å². The van der Waals surface area contributed by atoms with Crippen molar-refractivity contribution in [2.24, 2.45) is 0 Å². The van der Waals surface area contributed by atoms with Crippen molar-refractivity contribution in [2.75, 3.05) is 0 Å². The molecule has 0 fully saturated rings. The Labute approximate surface area is 271 Å². The van der Waals surface area contributed by atoms with Crippen LogP contribution in [0.3, 0.4) is 0 Å². The van der Waals surface area contributed by atoms with Crippen molar-refractivity contribution < 1.29 is 4.42 Å². The molecule has 0 saturated heterocycles. The van der Waals surface area contributed by atoms with E-state index in [1.165, 1.54) is 115 Å². The van der Waals surface area contributed by atoms with E-state index >= 15 is 0 Å². The van der Waals surface area contributed by atoms with Crippen molar-refractivity contribution >= 4 is 54.3 Å². The fraction of sp³-hybridized carbons (Fsp3) is 0.200. The van der Waals surface area contributed by atoms with Gasteiger partial charge in [0.2, 0.25) is 0 Å². The third-order valence-electron chi connectivity index (χ3n) is 11.3. The van der Waals surface area contributed by atoms with Crippen LogP contribution in [0.2, 0.25) is 0 Å². The van der Waals surface area contributed by atoms with Crippen LogP contribution in [0.1, 0.15) is 50.1 Å². The highest BCUT2D eigenvalue weighted by Gasteiger charge is 2.26. The highest BCUT2D eigenvalue weighted by Crippen LogP contribution is 2.51. The van der Waals surface area contributed by atoms with Gasteiger partial charge >= 0.3 is 0 Å². The van der Waals surface area contributed by atoms with Gasteiger partial charge in [-0.1, -0.05) is 60.2 Å². The van der Waals surface area contributed by atoms with E-state index in [-0.39, 0.29) is 0 Å². The first kappa shape index (κ1) is 28.6. The van der Waals surface area contributed by atoms with Gasteiger partial charge in [-0.25, -0.2) is 0 Å². The van der Waals surface area contributed by atoms with E-state index in [4.69, 9.17) is 4.42 Å². The molecule has 46 heavy (non-hydrogen) atoms. The van der Waals surface area contributed by atoms with Crippen LogP contribution < -0.4 is 0 Å². The Kier molecular flexibility index (Phi) is 6.25. The lowest BCUT2D eigenvalue weighted by atomic mass is 9.76. The van der Waals surface area contributed by atoms with Crippen LogP contribution in [-0.2, 0) is 0 Å². The summed E-state index contributed by atoms with van der Waals surface area (Å²) in [7, 11) is 0. The standard InChI is InChI=1S/C45H40O/c1-23-15-16-33-22-39-37(21-35(33)19-23)36-20-34(17-18-38(36)46-39)45-42-30(8)26(4)24(2)28(6)40(42)44(32-13-11-10-12-14-32)41-29(7)25(3)27(5)31(9)43(41)45/h10-22H,1-9H3. The van der Waals surface area contributed by atoms with Gasteiger partial charge in [0.1, 0.15) is 11.2 Å². The smallest absolute Gasteiger partial charge is 0.136 e. The van der Waals surface area contributed by atoms with Crippen LogP contribution in [0.4, 0.5) is 0 Å². The number of fused-ring (bicyclic) bond motifs is 6. The number of rotatable bonds is 2. The highest BCUT2D eigenvalue weighted by molar-refractivity contribution is 6.26. The summed E-state index contributed by atoms with van der Waals surface area (Å²) in [4.78, 5) is 0. The van der Waals surface area contributed by atoms with E-state index in [1.807, 2.05) is 0 Å². The van der Waals surface area contributed by atoms with Crippen LogP contribution >= 0.6 is 0 Å². The first-order valence-corrected chi connectivity index (χ1v) is 16.4. The van der Waals surface area contributed by atoms with Gasteiger partial charge in [0, 0.05) is 10.8 Å². The first-order chi connectivity index (χ1) is 22.1. The van der Waals surface area contributed by atoms with Crippen LogP contribution in [-0.4, -0.2) is 0 Å². The van der Waals surface area contributed by atoms with E-state index in [0.29, 0.717) is 0 Å². The molecule has 1 heterocycles. The molecule has 8 rings (SSSR count). The largest absolute Gasteiger partial charge is 0.456 e. The van der Waals surface area contributed by atoms with Crippen molar-refractivity contribution in [1.82, 2.24) is 0 Å². The summed E-state index contributed by atoms with van der Waals surface area (Å²) < 4.78 is 6.49. The van der Waals surface area contributed by atoms with Gasteiger partial charge in [-0.15, -0.1) is 0 Å². The molecule has 1 aromatic heterocycles. The fourth-order valence-electron chi connectivity index (χ4n) is 8.10. The molecule has 0 aliphatic rings. The van der Waals surface area contributed by atoms with Crippen molar-refractivity contribution in [3.63, 3.8) is 0 Å². The Hall–Kier alpha value is -4.88. The van der Waals surface area contributed by atoms with Crippen molar-refractivity contribution in [3.05, 3.63) is 129 Å². The third kappa shape index (κ3) is 3.88. The Balaban J connectivity index is 1.62. The Bertz CT molecular complexity index is 2510. The summed E-state index contributed by atoms with van der Waals surface area (Å²) in [5, 5.41) is 10.3. The van der Waals surface area contributed by atoms with Crippen molar-refractivity contribution in [1.29, 1.82) is 0 Å². The van der Waals surface area contributed by atoms with Gasteiger partial charge in [-0.2, -0.15) is 0 Å². The zero-order chi connectivity index (χ0) is 32.2. The summed E-state index contributed by atoms with van der Waals surface area (Å²) in [6, 6.07) is 29.1. The minimum atomic E-state index is 0.931. The SMILES string of the molecule is Cc1ccc2cc3oc4ccc(-c5c6c(C)c(C)c(C)c(C)c6c(-c6ccccc6)c6c(C)c(C)c(C)c(C)c56)cc4c3cc2c1. The topological polar surface area (TPSA) is 13.1 Å². The predicted molar refractivity (Wildman–Crippen MR) is 200 cm³/mol. The fourth-order valence-corrected chi connectivity index (χ4v) is 8.10. The maximum Gasteiger partial charge on any atom is 0.136 e. The van der Waals surface area contributed by atoms with Gasteiger partial charge < -0.3 is 4.42 Å². The first-order valence-electron chi connectivity index (χ1n) is 16.4. The van der Waals surface area contributed by atoms with E-state index in [2.05, 4.69) is 141 Å². The molecule has 8 aromatic rings. The Morgan fingerprint density at radius 2 is 0.891 bits per heavy atom. The second-order valence-corrected chi connectivity index (χ2v) is 13.6. The number of hydrogen-bond donors (Lipinski definition) is 0. The average Bonchev–Trinajstić information content (AvgIpc) is 3.42. The summed E-state index contributed by atoms with van der Waals surface area (Å²) >= 11 is 0. The molecule has 0 amide bonds. The van der Waals surface area contributed by atoms with E-state index in [1.54, 1.807) is 0 Å². The minimum Gasteiger partial charge on any atom is -0.456 e. The zero-order valence-electron chi connectivity index (χ0n) is 28.4. The molecule has 0 aliphatic carbocycles. The number of furan rings is 1. The number of hydrogen-bond acceptors (Lipinski definition) is 1. The summed E-state index contributed by atoms with van der Waals surface area (Å²) in [6.45, 7) is 20.7. The van der Waals surface area contributed by atoms with Gasteiger partial charge in [0.05, 0.1) is 0 Å². The molecule has 0 N–H and O–H groups in total. The molecule has 0 spiro atoms. The van der Waals surface area contributed by atoms with E-state index < -0.39 is 0 Å². The molecule has 1 nitrogen and oxygen atoms in total. The number of benzene rings is 7. The molecular formula is C45H40O. The van der Waals surface area contributed by atoms with Crippen LogP contribution in [0.25, 0.3) is 76.5 Å².